The first-order valence-electron chi connectivity index (χ1n) is 7.29. The van der Waals surface area contributed by atoms with Crippen LogP contribution in [0.4, 0.5) is 0 Å². The van der Waals surface area contributed by atoms with E-state index in [4.69, 9.17) is 20.8 Å². The second kappa shape index (κ2) is 6.27. The van der Waals surface area contributed by atoms with Gasteiger partial charge in [-0.3, -0.25) is 0 Å². The lowest BCUT2D eigenvalue weighted by atomic mass is 10.1. The van der Waals surface area contributed by atoms with E-state index in [0.717, 1.165) is 11.3 Å². The van der Waals surface area contributed by atoms with Crippen LogP contribution in [0.5, 0.6) is 5.75 Å². The van der Waals surface area contributed by atoms with Gasteiger partial charge in [-0.15, -0.1) is 0 Å². The molecule has 3 nitrogen and oxygen atoms in total. The minimum Gasteiger partial charge on any atom is -0.484 e. The molecule has 0 saturated carbocycles. The van der Waals surface area contributed by atoms with Crippen LogP contribution in [0.1, 0.15) is 40.2 Å². The van der Waals surface area contributed by atoms with Crippen LogP contribution in [0.2, 0.25) is 23.3 Å². The number of rotatable bonds is 5. The van der Waals surface area contributed by atoms with Crippen molar-refractivity contribution in [1.82, 2.24) is 4.98 Å². The number of nitrogens with zero attached hydrogens (tertiary/aromatic N) is 1. The van der Waals surface area contributed by atoms with E-state index in [1.54, 1.807) is 6.20 Å². The number of aryl methyl sites for hydroxylation is 1. The molecule has 0 bridgehead atoms. The van der Waals surface area contributed by atoms with Crippen molar-refractivity contribution >= 4 is 19.9 Å². The van der Waals surface area contributed by atoms with E-state index in [-0.39, 0.29) is 5.04 Å². The lowest BCUT2D eigenvalue weighted by molar-refractivity contribution is 0.0452. The van der Waals surface area contributed by atoms with Crippen molar-refractivity contribution in [1.29, 1.82) is 0 Å². The van der Waals surface area contributed by atoms with Crippen LogP contribution in [0, 0.1) is 6.92 Å². The Bertz CT molecular complexity index is 496. The molecule has 0 atom stereocenters. The molecule has 0 N–H and O–H groups in total. The largest absolute Gasteiger partial charge is 0.484 e. The summed E-state index contributed by atoms with van der Waals surface area (Å²) in [5.41, 5.74) is 0.575. The molecule has 1 aromatic rings. The highest BCUT2D eigenvalue weighted by Crippen LogP contribution is 2.37. The van der Waals surface area contributed by atoms with Gasteiger partial charge in [0.15, 0.2) is 8.32 Å². The molecule has 1 heterocycles. The second-order valence-corrected chi connectivity index (χ2v) is 12.9. The molecule has 0 fully saturated rings. The fourth-order valence-corrected chi connectivity index (χ4v) is 2.87. The van der Waals surface area contributed by atoms with Crippen LogP contribution in [-0.2, 0) is 4.43 Å². The minimum absolute atomic E-state index is 0.195. The van der Waals surface area contributed by atoms with E-state index in [1.165, 1.54) is 0 Å². The Labute approximate surface area is 135 Å². The predicted molar refractivity (Wildman–Crippen MR) is 91.8 cm³/mol. The van der Waals surface area contributed by atoms with E-state index < -0.39 is 13.9 Å². The molecule has 0 aliphatic heterocycles. The van der Waals surface area contributed by atoms with Gasteiger partial charge in [0.25, 0.3) is 0 Å². The van der Waals surface area contributed by atoms with Gasteiger partial charge in [-0.05, 0) is 50.5 Å². The zero-order valence-electron chi connectivity index (χ0n) is 14.5. The van der Waals surface area contributed by atoms with Gasteiger partial charge in [0.1, 0.15) is 16.5 Å². The molecular weight excluding hydrogens is 302 g/mol. The molecule has 1 rings (SSSR count). The normalized spacial score (nSPS) is 13.4. The van der Waals surface area contributed by atoms with Crippen molar-refractivity contribution in [2.45, 2.75) is 65.3 Å². The molecule has 0 radical (unpaired) electrons. The van der Waals surface area contributed by atoms with Crippen LogP contribution in [-0.4, -0.2) is 25.5 Å². The number of hydrogen-bond acceptors (Lipinski definition) is 3. The summed E-state index contributed by atoms with van der Waals surface area (Å²) in [4.78, 5) is 4.08. The molecule has 0 aliphatic rings. The first-order valence-corrected chi connectivity index (χ1v) is 10.6. The van der Waals surface area contributed by atoms with E-state index in [1.807, 2.05) is 26.8 Å². The molecule has 0 spiro atoms. The van der Waals surface area contributed by atoms with Crippen molar-refractivity contribution in [3.8, 4) is 5.75 Å². The standard InChI is InChI=1S/C16H28ClNO2Si/c1-12-9-14(17)18-10-13(12)20-16(5,6)11-19-21(7,8)15(2,3)4/h9-10H,11H2,1-8H3. The van der Waals surface area contributed by atoms with Gasteiger partial charge in [0.05, 0.1) is 12.8 Å². The lowest BCUT2D eigenvalue weighted by Gasteiger charge is -2.39. The quantitative estimate of drug-likeness (QED) is 0.548. The Morgan fingerprint density at radius 2 is 1.76 bits per heavy atom. The van der Waals surface area contributed by atoms with E-state index in [9.17, 15) is 0 Å². The van der Waals surface area contributed by atoms with Crippen molar-refractivity contribution in [2.75, 3.05) is 6.61 Å². The summed E-state index contributed by atoms with van der Waals surface area (Å²) < 4.78 is 12.3. The molecule has 0 aliphatic carbocycles. The van der Waals surface area contributed by atoms with Crippen LogP contribution in [0.15, 0.2) is 12.3 Å². The topological polar surface area (TPSA) is 31.4 Å². The number of aromatic nitrogens is 1. The maximum absolute atomic E-state index is 6.26. The summed E-state index contributed by atoms with van der Waals surface area (Å²) in [7, 11) is -1.77. The van der Waals surface area contributed by atoms with Gasteiger partial charge in [0.2, 0.25) is 0 Å². The van der Waals surface area contributed by atoms with Gasteiger partial charge in [-0.2, -0.15) is 0 Å². The highest BCUT2D eigenvalue weighted by molar-refractivity contribution is 6.74. The molecular formula is C16H28ClNO2Si. The fraction of sp³-hybridized carbons (Fsp3) is 0.688. The Morgan fingerprint density at radius 1 is 1.19 bits per heavy atom. The third-order valence-electron chi connectivity index (χ3n) is 4.00. The summed E-state index contributed by atoms with van der Waals surface area (Å²) in [5, 5.41) is 0.677. The maximum atomic E-state index is 6.26. The van der Waals surface area contributed by atoms with Crippen LogP contribution in [0.25, 0.3) is 0 Å². The summed E-state index contributed by atoms with van der Waals surface area (Å²) in [6, 6.07) is 1.81. The fourth-order valence-electron chi connectivity index (χ4n) is 1.51. The molecule has 5 heteroatoms. The van der Waals surface area contributed by atoms with Gasteiger partial charge in [-0.1, -0.05) is 32.4 Å². The van der Waals surface area contributed by atoms with Crippen LogP contribution >= 0.6 is 11.6 Å². The third kappa shape index (κ3) is 5.27. The summed E-state index contributed by atoms with van der Waals surface area (Å²) in [5.74, 6) is 0.753. The van der Waals surface area contributed by atoms with E-state index in [0.29, 0.717) is 11.8 Å². The Kier molecular flexibility index (Phi) is 5.51. The summed E-state index contributed by atoms with van der Waals surface area (Å²) in [6.07, 6.45) is 1.67. The van der Waals surface area contributed by atoms with Gasteiger partial charge >= 0.3 is 0 Å². The Hall–Kier alpha value is -0.583. The maximum Gasteiger partial charge on any atom is 0.192 e. The highest BCUT2D eigenvalue weighted by Gasteiger charge is 2.38. The predicted octanol–water partition coefficient (Wildman–Crippen LogP) is 5.22. The van der Waals surface area contributed by atoms with Gasteiger partial charge in [-0.25, -0.2) is 4.98 Å². The smallest absolute Gasteiger partial charge is 0.192 e. The Morgan fingerprint density at radius 3 is 2.24 bits per heavy atom. The van der Waals surface area contributed by atoms with Crippen molar-refractivity contribution in [2.24, 2.45) is 0 Å². The zero-order valence-corrected chi connectivity index (χ0v) is 16.3. The van der Waals surface area contributed by atoms with Gasteiger partial charge in [0, 0.05) is 0 Å². The summed E-state index contributed by atoms with van der Waals surface area (Å²) in [6.45, 7) is 17.8. The molecule has 21 heavy (non-hydrogen) atoms. The van der Waals surface area contributed by atoms with Gasteiger partial charge < -0.3 is 9.16 Å². The minimum atomic E-state index is -1.77. The van der Waals surface area contributed by atoms with E-state index in [2.05, 4.69) is 38.8 Å². The zero-order chi connectivity index (χ0) is 16.5. The Balaban J connectivity index is 2.74. The molecule has 0 amide bonds. The number of hydrogen-bond donors (Lipinski definition) is 0. The number of halogens is 1. The van der Waals surface area contributed by atoms with Crippen LogP contribution < -0.4 is 4.74 Å². The molecule has 0 saturated heterocycles. The number of pyridine rings is 1. The van der Waals surface area contributed by atoms with Crippen molar-refractivity contribution in [3.05, 3.63) is 23.0 Å². The highest BCUT2D eigenvalue weighted by atomic mass is 35.5. The average Bonchev–Trinajstić information content (AvgIpc) is 2.29. The number of ether oxygens (including phenoxy) is 1. The van der Waals surface area contributed by atoms with Crippen molar-refractivity contribution in [3.63, 3.8) is 0 Å². The summed E-state index contributed by atoms with van der Waals surface area (Å²) >= 11 is 5.87. The lowest BCUT2D eigenvalue weighted by Crippen LogP contribution is -2.46. The molecule has 0 unspecified atom stereocenters. The third-order valence-corrected chi connectivity index (χ3v) is 8.69. The molecule has 120 valence electrons. The van der Waals surface area contributed by atoms with E-state index >= 15 is 0 Å². The SMILES string of the molecule is Cc1cc(Cl)ncc1OC(C)(C)CO[Si](C)(C)C(C)(C)C. The first-order chi connectivity index (χ1) is 9.34. The molecule has 0 aromatic carbocycles. The first kappa shape index (κ1) is 18.5. The average molecular weight is 330 g/mol. The second-order valence-electron chi connectivity index (χ2n) is 7.68. The van der Waals surface area contributed by atoms with Crippen molar-refractivity contribution < 1.29 is 9.16 Å². The monoisotopic (exact) mass is 329 g/mol. The van der Waals surface area contributed by atoms with Crippen LogP contribution in [0.3, 0.4) is 0 Å². The molecule has 1 aromatic heterocycles.